The van der Waals surface area contributed by atoms with Crippen LogP contribution >= 0.6 is 0 Å². The van der Waals surface area contributed by atoms with E-state index >= 15 is 0 Å². The Labute approximate surface area is 136 Å². The van der Waals surface area contributed by atoms with Gasteiger partial charge in [0.1, 0.15) is 5.69 Å². The lowest BCUT2D eigenvalue weighted by Gasteiger charge is -2.30. The molecule has 3 heterocycles. The van der Waals surface area contributed by atoms with Crippen molar-refractivity contribution in [2.45, 2.75) is 50.6 Å². The van der Waals surface area contributed by atoms with Gasteiger partial charge in [-0.1, -0.05) is 12.8 Å². The van der Waals surface area contributed by atoms with Crippen LogP contribution in [-0.4, -0.2) is 37.4 Å². The van der Waals surface area contributed by atoms with Gasteiger partial charge in [0, 0.05) is 30.8 Å². The molecule has 4 rings (SSSR count). The predicted octanol–water partition coefficient (Wildman–Crippen LogP) is 3.09. The van der Waals surface area contributed by atoms with Crippen molar-refractivity contribution in [2.75, 3.05) is 11.9 Å². The summed E-state index contributed by atoms with van der Waals surface area (Å²) in [5.41, 5.74) is 1.03. The van der Waals surface area contributed by atoms with E-state index in [2.05, 4.69) is 30.2 Å². The topological polar surface area (TPSA) is 66.8 Å². The van der Waals surface area contributed by atoms with Crippen molar-refractivity contribution in [1.82, 2.24) is 24.8 Å². The second-order valence-electron chi connectivity index (χ2n) is 6.32. The largest absolute Gasteiger partial charge is 0.307 e. The Morgan fingerprint density at radius 1 is 0.870 bits per heavy atom. The highest BCUT2D eigenvalue weighted by molar-refractivity contribution is 5.51. The van der Waals surface area contributed by atoms with Crippen molar-refractivity contribution in [3.05, 3.63) is 36.5 Å². The fraction of sp³-hybridized carbons (Fsp3) is 0.529. The van der Waals surface area contributed by atoms with E-state index in [-0.39, 0.29) is 0 Å². The molecule has 1 saturated carbocycles. The van der Waals surface area contributed by atoms with Gasteiger partial charge >= 0.3 is 0 Å². The van der Waals surface area contributed by atoms with Crippen LogP contribution in [-0.2, 0) is 0 Å². The first-order valence-electron chi connectivity index (χ1n) is 8.52. The molecule has 0 radical (unpaired) electrons. The Morgan fingerprint density at radius 2 is 1.65 bits per heavy atom. The first kappa shape index (κ1) is 14.5. The van der Waals surface area contributed by atoms with Crippen LogP contribution in [0.2, 0.25) is 0 Å². The molecule has 0 bridgehead atoms. The van der Waals surface area contributed by atoms with Gasteiger partial charge in [-0.15, -0.1) is 0 Å². The summed E-state index contributed by atoms with van der Waals surface area (Å²) < 4.78 is 0. The molecule has 6 nitrogen and oxygen atoms in total. The molecule has 1 N–H and O–H groups in total. The Hall–Kier alpha value is -2.08. The molecule has 2 aromatic heterocycles. The summed E-state index contributed by atoms with van der Waals surface area (Å²) in [5.74, 6) is 1.35. The zero-order valence-electron chi connectivity index (χ0n) is 13.2. The van der Waals surface area contributed by atoms with Crippen LogP contribution in [0.5, 0.6) is 0 Å². The monoisotopic (exact) mass is 310 g/mol. The third-order valence-corrected chi connectivity index (χ3v) is 4.93. The van der Waals surface area contributed by atoms with Crippen molar-refractivity contribution < 1.29 is 0 Å². The Bertz CT molecular complexity index is 641. The average molecular weight is 310 g/mol. The summed E-state index contributed by atoms with van der Waals surface area (Å²) in [7, 11) is 0. The third kappa shape index (κ3) is 3.03. The van der Waals surface area contributed by atoms with E-state index in [0.717, 1.165) is 17.9 Å². The summed E-state index contributed by atoms with van der Waals surface area (Å²) in [5, 5.41) is 3.24. The van der Waals surface area contributed by atoms with Gasteiger partial charge in [-0.2, -0.15) is 0 Å². The summed E-state index contributed by atoms with van der Waals surface area (Å²) >= 11 is 0. The van der Waals surface area contributed by atoms with Crippen molar-refractivity contribution in [1.29, 1.82) is 0 Å². The quantitative estimate of drug-likeness (QED) is 0.936. The van der Waals surface area contributed by atoms with Gasteiger partial charge in [0.2, 0.25) is 5.95 Å². The average Bonchev–Trinajstić information content (AvgIpc) is 3.27. The van der Waals surface area contributed by atoms with Crippen molar-refractivity contribution in [2.24, 2.45) is 0 Å². The van der Waals surface area contributed by atoms with Gasteiger partial charge in [-0.3, -0.25) is 9.88 Å². The van der Waals surface area contributed by atoms with Crippen LogP contribution in [0.15, 0.2) is 30.9 Å². The first-order valence-corrected chi connectivity index (χ1v) is 8.52. The number of anilines is 2. The van der Waals surface area contributed by atoms with Crippen LogP contribution in [0.25, 0.3) is 0 Å². The molecule has 1 saturated heterocycles. The van der Waals surface area contributed by atoms with Gasteiger partial charge in [0.15, 0.2) is 5.82 Å². The SMILES string of the molecule is c1cnc(Nc2nccnc2[C@H]2CCCN2C2CCCC2)nc1. The van der Waals surface area contributed by atoms with E-state index in [9.17, 15) is 0 Å². The van der Waals surface area contributed by atoms with Gasteiger partial charge < -0.3 is 5.32 Å². The Kier molecular flexibility index (Phi) is 4.15. The van der Waals surface area contributed by atoms with Gasteiger partial charge in [0.25, 0.3) is 0 Å². The highest BCUT2D eigenvalue weighted by Gasteiger charge is 2.35. The molecule has 1 atom stereocenters. The summed E-state index contributed by atoms with van der Waals surface area (Å²) in [6, 6.07) is 2.88. The molecule has 2 aliphatic rings. The number of nitrogens with one attached hydrogen (secondary N) is 1. The zero-order valence-corrected chi connectivity index (χ0v) is 13.2. The maximum atomic E-state index is 4.66. The molecule has 0 amide bonds. The van der Waals surface area contributed by atoms with Gasteiger partial charge in [-0.25, -0.2) is 15.0 Å². The van der Waals surface area contributed by atoms with Crippen molar-refractivity contribution >= 4 is 11.8 Å². The summed E-state index contributed by atoms with van der Waals surface area (Å²) in [4.78, 5) is 20.3. The fourth-order valence-electron chi connectivity index (χ4n) is 3.91. The number of likely N-dealkylation sites (tertiary alicyclic amines) is 1. The van der Waals surface area contributed by atoms with E-state index in [1.54, 1.807) is 24.8 Å². The van der Waals surface area contributed by atoms with Gasteiger partial charge in [0.05, 0.1) is 6.04 Å². The zero-order chi connectivity index (χ0) is 15.5. The molecular weight excluding hydrogens is 288 g/mol. The van der Waals surface area contributed by atoms with Crippen LogP contribution in [0.3, 0.4) is 0 Å². The van der Waals surface area contributed by atoms with Crippen LogP contribution in [0.1, 0.15) is 50.3 Å². The Morgan fingerprint density at radius 3 is 2.48 bits per heavy atom. The fourth-order valence-corrected chi connectivity index (χ4v) is 3.91. The lowest BCUT2D eigenvalue weighted by Crippen LogP contribution is -2.33. The smallest absolute Gasteiger partial charge is 0.228 e. The van der Waals surface area contributed by atoms with E-state index in [1.165, 1.54) is 38.6 Å². The second kappa shape index (κ2) is 6.58. The first-order chi connectivity index (χ1) is 11.4. The summed E-state index contributed by atoms with van der Waals surface area (Å²) in [6.45, 7) is 1.17. The van der Waals surface area contributed by atoms with E-state index in [0.29, 0.717) is 18.0 Å². The predicted molar refractivity (Wildman–Crippen MR) is 88.3 cm³/mol. The van der Waals surface area contributed by atoms with Crippen LogP contribution in [0.4, 0.5) is 11.8 Å². The minimum absolute atomic E-state index is 0.359. The summed E-state index contributed by atoms with van der Waals surface area (Å²) in [6.07, 6.45) is 14.7. The van der Waals surface area contributed by atoms with E-state index in [1.807, 2.05) is 6.07 Å². The lowest BCUT2D eigenvalue weighted by atomic mass is 10.1. The maximum absolute atomic E-state index is 4.66. The molecule has 0 spiro atoms. The molecular formula is C17H22N6. The standard InChI is InChI=1S/C17H22N6/c1-2-6-13(5-1)23-12-3-7-14(23)15-16(19-11-10-18-15)22-17-20-8-4-9-21-17/h4,8-11,13-14H,1-3,5-7,12H2,(H,19,20,21,22)/t14-/m1/s1. The second-order valence-corrected chi connectivity index (χ2v) is 6.32. The highest BCUT2D eigenvalue weighted by atomic mass is 15.2. The lowest BCUT2D eigenvalue weighted by molar-refractivity contribution is 0.180. The number of hydrogen-bond acceptors (Lipinski definition) is 6. The van der Waals surface area contributed by atoms with Gasteiger partial charge in [-0.05, 0) is 38.3 Å². The molecule has 2 aromatic rings. The number of rotatable bonds is 4. The molecule has 0 aromatic carbocycles. The van der Waals surface area contributed by atoms with Crippen molar-refractivity contribution in [3.63, 3.8) is 0 Å². The molecule has 120 valence electrons. The Balaban J connectivity index is 1.60. The highest BCUT2D eigenvalue weighted by Crippen LogP contribution is 2.39. The number of aromatic nitrogens is 4. The van der Waals surface area contributed by atoms with E-state index in [4.69, 9.17) is 0 Å². The molecule has 1 aliphatic carbocycles. The van der Waals surface area contributed by atoms with Crippen LogP contribution < -0.4 is 5.32 Å². The minimum Gasteiger partial charge on any atom is -0.307 e. The molecule has 6 heteroatoms. The number of hydrogen-bond donors (Lipinski definition) is 1. The van der Waals surface area contributed by atoms with E-state index < -0.39 is 0 Å². The molecule has 2 fully saturated rings. The molecule has 23 heavy (non-hydrogen) atoms. The third-order valence-electron chi connectivity index (χ3n) is 4.93. The minimum atomic E-state index is 0.359. The molecule has 0 unspecified atom stereocenters. The number of nitrogens with zero attached hydrogens (tertiary/aromatic N) is 5. The maximum Gasteiger partial charge on any atom is 0.228 e. The normalized spacial score (nSPS) is 22.5. The molecule has 1 aliphatic heterocycles. The van der Waals surface area contributed by atoms with Crippen LogP contribution in [0, 0.1) is 0 Å². The van der Waals surface area contributed by atoms with Crippen molar-refractivity contribution in [3.8, 4) is 0 Å².